The third-order valence-electron chi connectivity index (χ3n) is 5.95. The molecule has 3 rings (SSSR count). The number of halogens is 3. The van der Waals surface area contributed by atoms with Crippen molar-refractivity contribution in [3.05, 3.63) is 42.2 Å². The van der Waals surface area contributed by atoms with Crippen molar-refractivity contribution in [3.8, 4) is 0 Å². The van der Waals surface area contributed by atoms with E-state index in [1.54, 1.807) is 24.9 Å². The fourth-order valence-electron chi connectivity index (χ4n) is 3.96. The minimum atomic E-state index is -4.44. The van der Waals surface area contributed by atoms with E-state index in [2.05, 4.69) is 17.3 Å². The molecule has 1 aromatic rings. The Morgan fingerprint density at radius 3 is 2.56 bits per heavy atom. The standard InChI is InChI=1S/C22H30F3N5O2/c1-16(20(31)28(3)14-17-7-9-27(2)10-8-17)26-21(32)30-12-11-29(15-30)19-6-4-5-18(13-19)22(23,24)25/h4-6,11-13,16-17H,7-10,14-15H2,1-3H3,(H,26,32)/t16-/m0/s1. The molecule has 176 valence electrons. The van der Waals surface area contributed by atoms with Gasteiger partial charge in [-0.05, 0) is 64.0 Å². The van der Waals surface area contributed by atoms with E-state index in [4.69, 9.17) is 0 Å². The Labute approximate surface area is 186 Å². The van der Waals surface area contributed by atoms with Gasteiger partial charge in [0.25, 0.3) is 0 Å². The van der Waals surface area contributed by atoms with Crippen LogP contribution in [0.5, 0.6) is 0 Å². The van der Waals surface area contributed by atoms with E-state index >= 15 is 0 Å². The van der Waals surface area contributed by atoms with Crippen molar-refractivity contribution in [2.75, 3.05) is 45.3 Å². The Morgan fingerprint density at radius 1 is 1.22 bits per heavy atom. The maximum Gasteiger partial charge on any atom is 0.416 e. The zero-order valence-electron chi connectivity index (χ0n) is 18.6. The van der Waals surface area contributed by atoms with Crippen LogP contribution in [-0.4, -0.2) is 73.1 Å². The molecule has 2 heterocycles. The number of anilines is 1. The highest BCUT2D eigenvalue weighted by Gasteiger charge is 2.31. The largest absolute Gasteiger partial charge is 0.416 e. The van der Waals surface area contributed by atoms with Gasteiger partial charge in [0.1, 0.15) is 12.7 Å². The number of likely N-dealkylation sites (tertiary alicyclic amines) is 1. The lowest BCUT2D eigenvalue weighted by Crippen LogP contribution is -2.50. The molecule has 1 aromatic carbocycles. The van der Waals surface area contributed by atoms with Gasteiger partial charge >= 0.3 is 12.2 Å². The van der Waals surface area contributed by atoms with Gasteiger partial charge in [0.15, 0.2) is 0 Å². The molecular weight excluding hydrogens is 423 g/mol. The lowest BCUT2D eigenvalue weighted by Gasteiger charge is -2.32. The van der Waals surface area contributed by atoms with Crippen molar-refractivity contribution < 1.29 is 22.8 Å². The number of carbonyl (C=O) groups excluding carboxylic acids is 2. The van der Waals surface area contributed by atoms with Gasteiger partial charge in [0, 0.05) is 31.7 Å². The Hall–Kier alpha value is -2.75. The number of hydrogen-bond donors (Lipinski definition) is 1. The first-order valence-corrected chi connectivity index (χ1v) is 10.7. The van der Waals surface area contributed by atoms with Crippen molar-refractivity contribution in [2.45, 2.75) is 32.0 Å². The summed E-state index contributed by atoms with van der Waals surface area (Å²) in [6, 6.07) is 3.72. The Kier molecular flexibility index (Phi) is 7.33. The molecule has 1 fully saturated rings. The van der Waals surface area contributed by atoms with Gasteiger partial charge in [-0.1, -0.05) is 6.07 Å². The minimum Gasteiger partial charge on any atom is -0.344 e. The van der Waals surface area contributed by atoms with Crippen molar-refractivity contribution in [3.63, 3.8) is 0 Å². The average molecular weight is 454 g/mol. The van der Waals surface area contributed by atoms with E-state index in [-0.39, 0.29) is 12.6 Å². The molecule has 32 heavy (non-hydrogen) atoms. The van der Waals surface area contributed by atoms with Crippen molar-refractivity contribution >= 4 is 17.6 Å². The van der Waals surface area contributed by atoms with Gasteiger partial charge in [-0.15, -0.1) is 0 Å². The van der Waals surface area contributed by atoms with Crippen molar-refractivity contribution in [2.24, 2.45) is 5.92 Å². The van der Waals surface area contributed by atoms with Gasteiger partial charge in [-0.3, -0.25) is 9.69 Å². The highest BCUT2D eigenvalue weighted by atomic mass is 19.4. The second-order valence-electron chi connectivity index (χ2n) is 8.56. The first kappa shape index (κ1) is 23.9. The molecule has 0 aliphatic carbocycles. The smallest absolute Gasteiger partial charge is 0.344 e. The highest BCUT2D eigenvalue weighted by Crippen LogP contribution is 2.32. The summed E-state index contributed by atoms with van der Waals surface area (Å²) in [6.45, 7) is 4.38. The van der Waals surface area contributed by atoms with Crippen LogP contribution >= 0.6 is 0 Å². The van der Waals surface area contributed by atoms with E-state index in [0.717, 1.165) is 38.1 Å². The first-order valence-electron chi connectivity index (χ1n) is 10.7. The third-order valence-corrected chi connectivity index (χ3v) is 5.95. The molecule has 1 atom stereocenters. The molecule has 0 spiro atoms. The van der Waals surface area contributed by atoms with Crippen LogP contribution in [-0.2, 0) is 11.0 Å². The average Bonchev–Trinajstić information content (AvgIpc) is 3.25. The Bertz CT molecular complexity index is 852. The molecule has 2 aliphatic heterocycles. The number of benzene rings is 1. The fraction of sp³-hybridized carbons (Fsp3) is 0.545. The first-order chi connectivity index (χ1) is 15.0. The lowest BCUT2D eigenvalue weighted by molar-refractivity contribution is -0.137. The van der Waals surface area contributed by atoms with Gasteiger partial charge in [0.2, 0.25) is 5.91 Å². The molecule has 0 aromatic heterocycles. The second-order valence-corrected chi connectivity index (χ2v) is 8.56. The van der Waals surface area contributed by atoms with Crippen LogP contribution in [0.15, 0.2) is 36.7 Å². The number of alkyl halides is 3. The lowest BCUT2D eigenvalue weighted by atomic mass is 9.96. The fourth-order valence-corrected chi connectivity index (χ4v) is 3.96. The maximum absolute atomic E-state index is 13.0. The summed E-state index contributed by atoms with van der Waals surface area (Å²) in [5, 5.41) is 2.68. The molecule has 1 saturated heterocycles. The SMILES string of the molecule is C[C@H](NC(=O)N1C=CN(c2cccc(C(F)(F)F)c2)C1)C(=O)N(C)CC1CCN(C)CC1. The summed E-state index contributed by atoms with van der Waals surface area (Å²) in [5.74, 6) is 0.278. The van der Waals surface area contributed by atoms with Crippen LogP contribution in [0.2, 0.25) is 0 Å². The minimum absolute atomic E-state index is 0.0550. The predicted molar refractivity (Wildman–Crippen MR) is 116 cm³/mol. The molecule has 10 heteroatoms. The predicted octanol–water partition coefficient (Wildman–Crippen LogP) is 3.15. The summed E-state index contributed by atoms with van der Waals surface area (Å²) in [7, 11) is 3.83. The summed E-state index contributed by atoms with van der Waals surface area (Å²) < 4.78 is 38.9. The normalized spacial score (nSPS) is 18.7. The van der Waals surface area contributed by atoms with E-state index in [0.29, 0.717) is 18.2 Å². The van der Waals surface area contributed by atoms with Crippen LogP contribution in [0.4, 0.5) is 23.7 Å². The van der Waals surface area contributed by atoms with E-state index in [1.807, 2.05) is 0 Å². The van der Waals surface area contributed by atoms with E-state index in [9.17, 15) is 22.8 Å². The number of nitrogens with one attached hydrogen (secondary N) is 1. The van der Waals surface area contributed by atoms with Crippen LogP contribution in [0.3, 0.4) is 0 Å². The molecule has 0 saturated carbocycles. The number of urea groups is 1. The van der Waals surface area contributed by atoms with Crippen LogP contribution < -0.4 is 10.2 Å². The molecule has 3 amide bonds. The quantitative estimate of drug-likeness (QED) is 0.744. The van der Waals surface area contributed by atoms with E-state index < -0.39 is 23.8 Å². The topological polar surface area (TPSA) is 59.1 Å². The molecule has 0 radical (unpaired) electrons. The Morgan fingerprint density at radius 2 is 1.91 bits per heavy atom. The highest BCUT2D eigenvalue weighted by molar-refractivity contribution is 5.87. The van der Waals surface area contributed by atoms with Crippen molar-refractivity contribution in [1.82, 2.24) is 20.0 Å². The van der Waals surface area contributed by atoms with Gasteiger partial charge in [-0.2, -0.15) is 13.2 Å². The monoisotopic (exact) mass is 453 g/mol. The number of hydrogen-bond acceptors (Lipinski definition) is 4. The number of carbonyl (C=O) groups is 2. The molecule has 2 aliphatic rings. The zero-order valence-corrected chi connectivity index (χ0v) is 18.6. The second kappa shape index (κ2) is 9.81. The molecule has 0 unspecified atom stereocenters. The molecule has 0 bridgehead atoms. The van der Waals surface area contributed by atoms with Crippen LogP contribution in [0, 0.1) is 5.92 Å². The number of piperidine rings is 1. The summed E-state index contributed by atoms with van der Waals surface area (Å²) in [5.41, 5.74) is -0.425. The van der Waals surface area contributed by atoms with E-state index in [1.165, 1.54) is 28.3 Å². The van der Waals surface area contributed by atoms with Gasteiger partial charge in [0.05, 0.1) is 5.56 Å². The molecule has 7 nitrogen and oxygen atoms in total. The summed E-state index contributed by atoms with van der Waals surface area (Å²) in [4.78, 5) is 32.1. The van der Waals surface area contributed by atoms with Crippen LogP contribution in [0.25, 0.3) is 0 Å². The molecule has 1 N–H and O–H groups in total. The zero-order chi connectivity index (χ0) is 23.5. The number of likely N-dealkylation sites (N-methyl/N-ethyl adjacent to an activating group) is 1. The van der Waals surface area contributed by atoms with Crippen LogP contribution in [0.1, 0.15) is 25.3 Å². The van der Waals surface area contributed by atoms with Gasteiger partial charge < -0.3 is 20.0 Å². The molecular formula is C22H30F3N5O2. The Balaban J connectivity index is 1.50. The number of amides is 3. The number of rotatable bonds is 5. The van der Waals surface area contributed by atoms with Crippen molar-refractivity contribution in [1.29, 1.82) is 0 Å². The summed E-state index contributed by atoms with van der Waals surface area (Å²) >= 11 is 0. The van der Waals surface area contributed by atoms with Gasteiger partial charge in [-0.25, -0.2) is 4.79 Å². The maximum atomic E-state index is 13.0. The third kappa shape index (κ3) is 5.93. The summed E-state index contributed by atoms with van der Waals surface area (Å²) in [6.07, 6.45) is 0.659. The number of nitrogens with zero attached hydrogens (tertiary/aromatic N) is 4.